The summed E-state index contributed by atoms with van der Waals surface area (Å²) < 4.78 is 0. The predicted octanol–water partition coefficient (Wildman–Crippen LogP) is 2.16. The molecule has 0 bridgehead atoms. The molecular formula is C18H20N4O2. The fourth-order valence-corrected chi connectivity index (χ4v) is 3.42. The van der Waals surface area contributed by atoms with Crippen LogP contribution in [-0.4, -0.2) is 64.1 Å². The molecule has 0 spiro atoms. The lowest BCUT2D eigenvalue weighted by molar-refractivity contribution is 0.0690. The number of carboxylic acid groups (broad SMARTS) is 1. The van der Waals surface area contributed by atoms with Gasteiger partial charge in [0.25, 0.3) is 0 Å². The van der Waals surface area contributed by atoms with E-state index in [0.717, 1.165) is 54.5 Å². The average molecular weight is 324 g/mol. The zero-order valence-electron chi connectivity index (χ0n) is 13.6. The first-order valence-corrected chi connectivity index (χ1v) is 8.15. The van der Waals surface area contributed by atoms with E-state index >= 15 is 0 Å². The van der Waals surface area contributed by atoms with Crippen LogP contribution >= 0.6 is 0 Å². The first kappa shape index (κ1) is 15.1. The Morgan fingerprint density at radius 3 is 2.79 bits per heavy atom. The highest BCUT2D eigenvalue weighted by Gasteiger charge is 2.17. The van der Waals surface area contributed by atoms with E-state index in [1.54, 1.807) is 12.3 Å². The van der Waals surface area contributed by atoms with Crippen molar-refractivity contribution in [2.45, 2.75) is 6.54 Å². The number of H-pyrrole nitrogens is 1. The lowest BCUT2D eigenvalue weighted by atomic mass is 10.1. The monoisotopic (exact) mass is 324 g/mol. The summed E-state index contributed by atoms with van der Waals surface area (Å²) in [6.45, 7) is 5.14. The number of hydrogen-bond acceptors (Lipinski definition) is 4. The van der Waals surface area contributed by atoms with Gasteiger partial charge in [-0.2, -0.15) is 0 Å². The van der Waals surface area contributed by atoms with E-state index in [1.807, 2.05) is 6.07 Å². The molecule has 0 unspecified atom stereocenters. The maximum atomic E-state index is 11.2. The summed E-state index contributed by atoms with van der Waals surface area (Å²) in [6, 6.07) is 7.89. The molecule has 2 aromatic heterocycles. The Bertz CT molecular complexity index is 910. The molecule has 124 valence electrons. The number of pyridine rings is 1. The number of benzene rings is 1. The van der Waals surface area contributed by atoms with Gasteiger partial charge in [-0.25, -0.2) is 9.78 Å². The lowest BCUT2D eigenvalue weighted by Gasteiger charge is -2.32. The van der Waals surface area contributed by atoms with Gasteiger partial charge in [0.2, 0.25) is 0 Å². The molecule has 1 aromatic carbocycles. The van der Waals surface area contributed by atoms with Gasteiger partial charge >= 0.3 is 5.97 Å². The topological polar surface area (TPSA) is 72.5 Å². The van der Waals surface area contributed by atoms with Gasteiger partial charge in [0.1, 0.15) is 5.69 Å². The molecule has 6 nitrogen and oxygen atoms in total. The molecule has 2 N–H and O–H groups in total. The highest BCUT2D eigenvalue weighted by Crippen LogP contribution is 2.29. The number of rotatable bonds is 3. The minimum absolute atomic E-state index is 0.0813. The lowest BCUT2D eigenvalue weighted by Crippen LogP contribution is -2.43. The van der Waals surface area contributed by atoms with Crippen molar-refractivity contribution in [3.8, 4) is 0 Å². The van der Waals surface area contributed by atoms with Crippen LogP contribution < -0.4 is 0 Å². The van der Waals surface area contributed by atoms with E-state index in [0.29, 0.717) is 0 Å². The molecular weight excluding hydrogens is 304 g/mol. The molecule has 1 saturated heterocycles. The number of carbonyl (C=O) groups is 1. The number of piperazine rings is 1. The highest BCUT2D eigenvalue weighted by molar-refractivity contribution is 6.10. The average Bonchev–Trinajstić information content (AvgIpc) is 2.95. The molecule has 1 fully saturated rings. The predicted molar refractivity (Wildman–Crippen MR) is 93.3 cm³/mol. The standard InChI is InChI=1S/C18H20N4O2/c1-21-5-7-22(8-6-21)11-12-3-2-4-14-17(12)13-9-15(18(23)24)19-10-16(13)20-14/h2-4,9-10,20H,5-8,11H2,1H3,(H,23,24). The Morgan fingerprint density at radius 1 is 1.25 bits per heavy atom. The second-order valence-corrected chi connectivity index (χ2v) is 6.46. The van der Waals surface area contributed by atoms with Crippen molar-refractivity contribution in [3.05, 3.63) is 41.7 Å². The number of carboxylic acids is 1. The molecule has 1 aliphatic rings. The first-order valence-electron chi connectivity index (χ1n) is 8.15. The number of aromatic nitrogens is 2. The normalized spacial score (nSPS) is 16.9. The SMILES string of the molecule is CN1CCN(Cc2cccc3[nH]c4cnc(C(=O)O)cc4c23)CC1. The molecule has 0 saturated carbocycles. The Labute approximate surface area is 139 Å². The second kappa shape index (κ2) is 5.89. The zero-order valence-corrected chi connectivity index (χ0v) is 13.6. The molecule has 24 heavy (non-hydrogen) atoms. The maximum absolute atomic E-state index is 11.2. The number of nitrogens with one attached hydrogen (secondary N) is 1. The fourth-order valence-electron chi connectivity index (χ4n) is 3.42. The minimum atomic E-state index is -0.997. The van der Waals surface area contributed by atoms with Crippen LogP contribution in [0.4, 0.5) is 0 Å². The smallest absolute Gasteiger partial charge is 0.354 e. The van der Waals surface area contributed by atoms with Gasteiger partial charge in [-0.05, 0) is 24.7 Å². The number of hydrogen-bond donors (Lipinski definition) is 2. The van der Waals surface area contributed by atoms with Crippen LogP contribution in [-0.2, 0) is 6.54 Å². The van der Waals surface area contributed by atoms with Gasteiger partial charge in [-0.15, -0.1) is 0 Å². The maximum Gasteiger partial charge on any atom is 0.354 e. The number of fused-ring (bicyclic) bond motifs is 3. The Balaban J connectivity index is 1.78. The van der Waals surface area contributed by atoms with Crippen molar-refractivity contribution >= 4 is 27.8 Å². The number of nitrogens with zero attached hydrogens (tertiary/aromatic N) is 3. The molecule has 0 aliphatic carbocycles. The van der Waals surface area contributed by atoms with Crippen LogP contribution in [0.3, 0.4) is 0 Å². The zero-order chi connectivity index (χ0) is 16.7. The van der Waals surface area contributed by atoms with Crippen LogP contribution in [0.25, 0.3) is 21.8 Å². The third kappa shape index (κ3) is 2.64. The van der Waals surface area contributed by atoms with Crippen LogP contribution in [0, 0.1) is 0 Å². The molecule has 0 radical (unpaired) electrons. The molecule has 1 aliphatic heterocycles. The van der Waals surface area contributed by atoms with E-state index in [-0.39, 0.29) is 5.69 Å². The van der Waals surface area contributed by atoms with Crippen molar-refractivity contribution in [2.24, 2.45) is 0 Å². The van der Waals surface area contributed by atoms with Gasteiger partial charge in [0, 0.05) is 49.0 Å². The Kier molecular flexibility index (Phi) is 3.70. The largest absolute Gasteiger partial charge is 0.477 e. The van der Waals surface area contributed by atoms with Crippen LogP contribution in [0.1, 0.15) is 16.1 Å². The molecule has 6 heteroatoms. The number of likely N-dealkylation sites (N-methyl/N-ethyl adjacent to an activating group) is 1. The fraction of sp³-hybridized carbons (Fsp3) is 0.333. The highest BCUT2D eigenvalue weighted by atomic mass is 16.4. The van der Waals surface area contributed by atoms with E-state index in [4.69, 9.17) is 0 Å². The van der Waals surface area contributed by atoms with Crippen molar-refractivity contribution in [1.82, 2.24) is 19.8 Å². The Morgan fingerprint density at radius 2 is 2.04 bits per heavy atom. The summed E-state index contributed by atoms with van der Waals surface area (Å²) in [5.41, 5.74) is 3.21. The first-order chi connectivity index (χ1) is 11.6. The summed E-state index contributed by atoms with van der Waals surface area (Å²) in [5, 5.41) is 11.3. The van der Waals surface area contributed by atoms with E-state index in [9.17, 15) is 9.90 Å². The summed E-state index contributed by atoms with van der Waals surface area (Å²) in [6.07, 6.45) is 1.61. The van der Waals surface area contributed by atoms with Gasteiger partial charge in [0.15, 0.2) is 0 Å². The summed E-state index contributed by atoms with van der Waals surface area (Å²) in [7, 11) is 2.15. The molecule has 0 atom stereocenters. The van der Waals surface area contributed by atoms with Crippen LogP contribution in [0.2, 0.25) is 0 Å². The van der Waals surface area contributed by atoms with Crippen molar-refractivity contribution in [3.63, 3.8) is 0 Å². The van der Waals surface area contributed by atoms with Gasteiger partial charge < -0.3 is 15.0 Å². The van der Waals surface area contributed by atoms with Crippen molar-refractivity contribution < 1.29 is 9.90 Å². The molecule has 0 amide bonds. The summed E-state index contributed by atoms with van der Waals surface area (Å²) in [5.74, 6) is -0.997. The van der Waals surface area contributed by atoms with Crippen molar-refractivity contribution in [1.29, 1.82) is 0 Å². The third-order valence-electron chi connectivity index (χ3n) is 4.80. The molecule has 3 aromatic rings. The Hall–Kier alpha value is -2.44. The second-order valence-electron chi connectivity index (χ2n) is 6.46. The molecule has 3 heterocycles. The van der Waals surface area contributed by atoms with Gasteiger partial charge in [-0.1, -0.05) is 12.1 Å². The van der Waals surface area contributed by atoms with E-state index < -0.39 is 5.97 Å². The van der Waals surface area contributed by atoms with Crippen LogP contribution in [0.15, 0.2) is 30.5 Å². The van der Waals surface area contributed by atoms with Crippen LogP contribution in [0.5, 0.6) is 0 Å². The quantitative estimate of drug-likeness (QED) is 0.772. The summed E-state index contributed by atoms with van der Waals surface area (Å²) in [4.78, 5) is 23.4. The van der Waals surface area contributed by atoms with Gasteiger partial charge in [0.05, 0.1) is 11.7 Å². The molecule has 4 rings (SSSR count). The van der Waals surface area contributed by atoms with Gasteiger partial charge in [-0.3, -0.25) is 4.90 Å². The number of aromatic amines is 1. The third-order valence-corrected chi connectivity index (χ3v) is 4.80. The minimum Gasteiger partial charge on any atom is -0.477 e. The number of aromatic carboxylic acids is 1. The summed E-state index contributed by atoms with van der Waals surface area (Å²) >= 11 is 0. The van der Waals surface area contributed by atoms with Crippen molar-refractivity contribution in [2.75, 3.05) is 33.2 Å². The van der Waals surface area contributed by atoms with E-state index in [1.165, 1.54) is 5.56 Å². The van der Waals surface area contributed by atoms with E-state index in [2.05, 4.69) is 38.9 Å².